The highest BCUT2D eigenvalue weighted by Gasteiger charge is 2.23. The zero-order chi connectivity index (χ0) is 19.1. The molecule has 4 rings (SSSR count). The molecule has 3 aromatic rings. The number of thiophene rings is 1. The average Bonchev–Trinajstić information content (AvgIpc) is 2.98. The summed E-state index contributed by atoms with van der Waals surface area (Å²) >= 11 is 15.7. The van der Waals surface area contributed by atoms with Crippen LogP contribution in [0.5, 0.6) is 0 Å². The number of fused-ring (bicyclic) bond motifs is 3. The Labute approximate surface area is 176 Å². The molecule has 2 aromatic heterocycles. The molecule has 0 saturated heterocycles. The molecule has 0 fully saturated rings. The van der Waals surface area contributed by atoms with Crippen LogP contribution in [0.15, 0.2) is 28.2 Å². The van der Waals surface area contributed by atoms with Crippen LogP contribution in [-0.4, -0.2) is 28.0 Å². The Bertz CT molecular complexity index is 1060. The number of thioether (sulfide) groups is 1. The van der Waals surface area contributed by atoms with Gasteiger partial charge in [-0.1, -0.05) is 41.0 Å². The van der Waals surface area contributed by atoms with Crippen molar-refractivity contribution in [3.63, 3.8) is 0 Å². The minimum absolute atomic E-state index is 0.0670. The van der Waals surface area contributed by atoms with Crippen molar-refractivity contribution in [1.29, 1.82) is 0 Å². The van der Waals surface area contributed by atoms with Gasteiger partial charge in [0.1, 0.15) is 4.83 Å². The Morgan fingerprint density at radius 3 is 2.74 bits per heavy atom. The summed E-state index contributed by atoms with van der Waals surface area (Å²) < 4.78 is 1.77. The Kier molecular flexibility index (Phi) is 5.54. The van der Waals surface area contributed by atoms with Gasteiger partial charge in [0.2, 0.25) is 0 Å². The highest BCUT2D eigenvalue weighted by molar-refractivity contribution is 7.98. The van der Waals surface area contributed by atoms with Crippen LogP contribution < -0.4 is 5.56 Å². The van der Waals surface area contributed by atoms with Crippen LogP contribution in [0.2, 0.25) is 10.0 Å². The fourth-order valence-corrected chi connectivity index (χ4v) is 6.53. The molecule has 0 bridgehead atoms. The van der Waals surface area contributed by atoms with E-state index in [1.165, 1.54) is 22.2 Å². The second-order valence-corrected chi connectivity index (χ2v) is 9.44. The number of likely N-dealkylation sites (N-methyl/N-ethyl adjacent to an activating group) is 1. The lowest BCUT2D eigenvalue weighted by Crippen LogP contribution is -2.27. The van der Waals surface area contributed by atoms with E-state index in [2.05, 4.69) is 11.9 Å². The second kappa shape index (κ2) is 7.76. The third kappa shape index (κ3) is 3.54. The summed E-state index contributed by atoms with van der Waals surface area (Å²) in [6.45, 7) is 4.43. The number of rotatable bonds is 4. The number of halogens is 2. The number of benzene rings is 1. The zero-order valence-corrected chi connectivity index (χ0v) is 18.2. The number of hydrogen-bond acceptors (Lipinski definition) is 5. The van der Waals surface area contributed by atoms with Gasteiger partial charge in [0.15, 0.2) is 5.16 Å². The van der Waals surface area contributed by atoms with Crippen molar-refractivity contribution < 1.29 is 0 Å². The summed E-state index contributed by atoms with van der Waals surface area (Å²) in [5.74, 6) is 0.574. The molecule has 0 saturated carbocycles. The van der Waals surface area contributed by atoms with Gasteiger partial charge >= 0.3 is 0 Å². The van der Waals surface area contributed by atoms with Gasteiger partial charge in [0, 0.05) is 40.3 Å². The summed E-state index contributed by atoms with van der Waals surface area (Å²) in [4.78, 5) is 22.4. The minimum Gasteiger partial charge on any atom is -0.301 e. The highest BCUT2D eigenvalue weighted by atomic mass is 35.5. The molecule has 1 aliphatic heterocycles. The molecule has 27 heavy (non-hydrogen) atoms. The molecule has 0 atom stereocenters. The molecular formula is C19H19Cl2N3OS2. The Hall–Kier alpha value is -1.05. The molecule has 0 amide bonds. The van der Waals surface area contributed by atoms with Crippen molar-refractivity contribution in [2.75, 3.05) is 13.6 Å². The molecule has 0 aliphatic carbocycles. The molecule has 0 unspecified atom stereocenters. The van der Waals surface area contributed by atoms with Gasteiger partial charge in [-0.3, -0.25) is 9.36 Å². The van der Waals surface area contributed by atoms with Gasteiger partial charge in [0.05, 0.1) is 5.39 Å². The topological polar surface area (TPSA) is 38.1 Å². The van der Waals surface area contributed by atoms with Gasteiger partial charge in [-0.25, -0.2) is 4.98 Å². The predicted molar refractivity (Wildman–Crippen MR) is 116 cm³/mol. The quantitative estimate of drug-likeness (QED) is 0.420. The molecule has 3 heterocycles. The molecule has 8 heteroatoms. The lowest BCUT2D eigenvalue weighted by atomic mass is 10.1. The summed E-state index contributed by atoms with van der Waals surface area (Å²) in [6.07, 6.45) is 0.911. The van der Waals surface area contributed by atoms with Crippen molar-refractivity contribution in [2.24, 2.45) is 0 Å². The maximum Gasteiger partial charge on any atom is 0.263 e. The summed E-state index contributed by atoms with van der Waals surface area (Å²) in [7, 11) is 2.11. The monoisotopic (exact) mass is 439 g/mol. The lowest BCUT2D eigenvalue weighted by molar-refractivity contribution is 0.318. The molecule has 0 radical (unpaired) electrons. The first-order valence-corrected chi connectivity index (χ1v) is 11.3. The Morgan fingerprint density at radius 2 is 2.04 bits per heavy atom. The molecule has 1 aliphatic rings. The van der Waals surface area contributed by atoms with Crippen LogP contribution in [0.25, 0.3) is 10.2 Å². The van der Waals surface area contributed by atoms with Crippen molar-refractivity contribution in [3.8, 4) is 0 Å². The second-order valence-electron chi connectivity index (χ2n) is 6.60. The van der Waals surface area contributed by atoms with Gasteiger partial charge in [-0.2, -0.15) is 0 Å². The van der Waals surface area contributed by atoms with E-state index in [9.17, 15) is 4.79 Å². The standard InChI is InChI=1S/C19H19Cl2N3OS2/c1-3-24-18(25)16-11-7-8-23(2)9-15(11)27-17(16)22-19(24)26-10-12-13(20)5-4-6-14(12)21/h4-6H,3,7-10H2,1-2H3. The summed E-state index contributed by atoms with van der Waals surface area (Å²) in [5.41, 5.74) is 2.13. The van der Waals surface area contributed by atoms with E-state index in [0.29, 0.717) is 22.3 Å². The molecule has 1 aromatic carbocycles. The lowest BCUT2D eigenvalue weighted by Gasteiger charge is -2.21. The Morgan fingerprint density at radius 1 is 1.30 bits per heavy atom. The fraction of sp³-hybridized carbons (Fsp3) is 0.368. The zero-order valence-electron chi connectivity index (χ0n) is 15.1. The van der Waals surface area contributed by atoms with E-state index in [0.717, 1.165) is 40.4 Å². The fourth-order valence-electron chi connectivity index (χ4n) is 3.38. The van der Waals surface area contributed by atoms with Crippen molar-refractivity contribution in [2.45, 2.75) is 37.3 Å². The number of nitrogens with zero attached hydrogens (tertiary/aromatic N) is 3. The van der Waals surface area contributed by atoms with Crippen molar-refractivity contribution >= 4 is 56.5 Å². The molecule has 4 nitrogen and oxygen atoms in total. The maximum atomic E-state index is 13.2. The first kappa shape index (κ1) is 19.3. The Balaban J connectivity index is 1.76. The smallest absolute Gasteiger partial charge is 0.263 e. The van der Waals surface area contributed by atoms with Crippen LogP contribution in [0.4, 0.5) is 0 Å². The minimum atomic E-state index is 0.0670. The number of hydrogen-bond donors (Lipinski definition) is 0. The number of aromatic nitrogens is 2. The first-order valence-electron chi connectivity index (χ1n) is 8.79. The van der Waals surface area contributed by atoms with E-state index >= 15 is 0 Å². The van der Waals surface area contributed by atoms with Gasteiger partial charge < -0.3 is 4.90 Å². The summed E-state index contributed by atoms with van der Waals surface area (Å²) in [6, 6.07) is 5.49. The van der Waals surface area contributed by atoms with E-state index in [4.69, 9.17) is 28.2 Å². The SMILES string of the molecule is CCn1c(SCc2c(Cl)cccc2Cl)nc2sc3c(c2c1=O)CCN(C)C3. The third-order valence-electron chi connectivity index (χ3n) is 4.84. The first-order chi connectivity index (χ1) is 13.0. The highest BCUT2D eigenvalue weighted by Crippen LogP contribution is 2.35. The van der Waals surface area contributed by atoms with E-state index < -0.39 is 0 Å². The predicted octanol–water partition coefficient (Wildman–Crippen LogP) is 5.06. The van der Waals surface area contributed by atoms with Gasteiger partial charge in [-0.05, 0) is 43.7 Å². The average molecular weight is 440 g/mol. The van der Waals surface area contributed by atoms with E-state index in [-0.39, 0.29) is 5.56 Å². The molecule has 142 valence electrons. The van der Waals surface area contributed by atoms with Crippen LogP contribution >= 0.6 is 46.3 Å². The molecular weight excluding hydrogens is 421 g/mol. The van der Waals surface area contributed by atoms with E-state index in [1.807, 2.05) is 25.1 Å². The van der Waals surface area contributed by atoms with Crippen molar-refractivity contribution in [1.82, 2.24) is 14.5 Å². The largest absolute Gasteiger partial charge is 0.301 e. The molecule has 0 spiro atoms. The molecule has 0 N–H and O–H groups in total. The van der Waals surface area contributed by atoms with E-state index in [1.54, 1.807) is 15.9 Å². The van der Waals surface area contributed by atoms with Crippen molar-refractivity contribution in [3.05, 3.63) is 54.6 Å². The van der Waals surface area contributed by atoms with Crippen LogP contribution in [0.1, 0.15) is 22.9 Å². The van der Waals surface area contributed by atoms with Gasteiger partial charge in [0.25, 0.3) is 5.56 Å². The summed E-state index contributed by atoms with van der Waals surface area (Å²) in [5, 5.41) is 2.80. The van der Waals surface area contributed by atoms with Crippen LogP contribution in [-0.2, 0) is 25.3 Å². The maximum absolute atomic E-state index is 13.2. The van der Waals surface area contributed by atoms with Crippen LogP contribution in [0.3, 0.4) is 0 Å². The third-order valence-corrected chi connectivity index (χ3v) is 7.66. The van der Waals surface area contributed by atoms with Crippen LogP contribution in [0, 0.1) is 0 Å². The van der Waals surface area contributed by atoms with Gasteiger partial charge in [-0.15, -0.1) is 11.3 Å². The normalized spacial score (nSPS) is 14.7.